The van der Waals surface area contributed by atoms with Crippen LogP contribution in [0.1, 0.15) is 11.3 Å². The average molecular weight is 514 g/mol. The number of nitrogens with one attached hydrogen (secondary N) is 2. The van der Waals surface area contributed by atoms with E-state index in [1.54, 1.807) is 20.4 Å². The minimum atomic E-state index is -0.0529. The van der Waals surface area contributed by atoms with E-state index in [2.05, 4.69) is 15.6 Å². The van der Waals surface area contributed by atoms with Crippen LogP contribution < -0.4 is 20.1 Å². The molecule has 2 N–H and O–H groups in total. The molecule has 1 aliphatic heterocycles. The van der Waals surface area contributed by atoms with Crippen LogP contribution in [0, 0.1) is 0 Å². The van der Waals surface area contributed by atoms with Crippen molar-refractivity contribution in [1.82, 2.24) is 15.5 Å². The number of carbonyl (C=O) groups excluding carboxylic acids is 1. The van der Waals surface area contributed by atoms with E-state index in [4.69, 9.17) is 13.9 Å². The first-order chi connectivity index (χ1) is 13.6. The van der Waals surface area contributed by atoms with Crippen molar-refractivity contribution in [2.45, 2.75) is 12.8 Å². The lowest BCUT2D eigenvalue weighted by atomic mass is 10.1. The summed E-state index contributed by atoms with van der Waals surface area (Å²) in [6.45, 7) is 1.68. The van der Waals surface area contributed by atoms with Gasteiger partial charge in [0.1, 0.15) is 12.3 Å². The predicted molar refractivity (Wildman–Crippen MR) is 121 cm³/mol. The second-order valence-electron chi connectivity index (χ2n) is 6.57. The number of benzene rings is 1. The van der Waals surface area contributed by atoms with Gasteiger partial charge in [-0.2, -0.15) is 0 Å². The molecule has 2 aromatic rings. The first kappa shape index (κ1) is 22.9. The van der Waals surface area contributed by atoms with E-state index in [0.717, 1.165) is 35.7 Å². The maximum atomic E-state index is 11.8. The lowest BCUT2D eigenvalue weighted by Crippen LogP contribution is -2.40. The number of furan rings is 1. The Morgan fingerprint density at radius 3 is 2.59 bits per heavy atom. The molecule has 0 radical (unpaired) electrons. The molecule has 0 spiro atoms. The summed E-state index contributed by atoms with van der Waals surface area (Å²) in [4.78, 5) is 17.7. The van der Waals surface area contributed by atoms with Crippen LogP contribution in [0.5, 0.6) is 11.5 Å². The molecule has 29 heavy (non-hydrogen) atoms. The zero-order valence-corrected chi connectivity index (χ0v) is 19.0. The van der Waals surface area contributed by atoms with Gasteiger partial charge in [0.2, 0.25) is 12.7 Å². The molecule has 9 heteroatoms. The summed E-state index contributed by atoms with van der Waals surface area (Å²) in [7, 11) is 3.43. The smallest absolute Gasteiger partial charge is 0.243 e. The summed E-state index contributed by atoms with van der Waals surface area (Å²) in [5.74, 6) is 3.00. The highest BCUT2D eigenvalue weighted by Gasteiger charge is 2.13. The maximum absolute atomic E-state index is 11.8. The molecule has 1 amide bonds. The van der Waals surface area contributed by atoms with Crippen molar-refractivity contribution in [2.24, 2.45) is 4.99 Å². The summed E-state index contributed by atoms with van der Waals surface area (Å²) < 4.78 is 16.1. The van der Waals surface area contributed by atoms with E-state index in [9.17, 15) is 4.79 Å². The molecule has 0 saturated heterocycles. The molecule has 2 heterocycles. The van der Waals surface area contributed by atoms with Gasteiger partial charge < -0.3 is 29.4 Å². The Morgan fingerprint density at radius 1 is 1.10 bits per heavy atom. The number of hydrogen-bond donors (Lipinski definition) is 2. The van der Waals surface area contributed by atoms with E-state index in [1.165, 1.54) is 4.90 Å². The number of guanidine groups is 1. The Hall–Kier alpha value is -2.43. The third-order valence-electron chi connectivity index (χ3n) is 4.26. The third-order valence-corrected chi connectivity index (χ3v) is 4.26. The number of aliphatic imine (C=N–C) groups is 1. The van der Waals surface area contributed by atoms with Gasteiger partial charge in [-0.15, -0.1) is 24.0 Å². The van der Waals surface area contributed by atoms with Gasteiger partial charge in [-0.05, 0) is 36.2 Å². The third kappa shape index (κ3) is 7.15. The number of likely N-dealkylation sites (N-methyl/N-ethyl adjacent to an activating group) is 1. The average Bonchev–Trinajstić information content (AvgIpc) is 3.36. The van der Waals surface area contributed by atoms with E-state index < -0.39 is 0 Å². The van der Waals surface area contributed by atoms with Gasteiger partial charge in [0.15, 0.2) is 17.5 Å². The summed E-state index contributed by atoms with van der Waals surface area (Å²) in [5, 5.41) is 6.52. The standard InChI is InChI=1S/C20H26N4O4.HI/c1-24(2)19(25)13-23-20(22-10-8-16-4-3-11-26-16)21-9-7-15-5-6-17-18(12-15)28-14-27-17;/h3-6,11-12H,7-10,13-14H2,1-2H3,(H2,21,22,23);1H. The molecular formula is C20H27IN4O4. The lowest BCUT2D eigenvalue weighted by molar-refractivity contribution is -0.127. The molecule has 1 aliphatic rings. The van der Waals surface area contributed by atoms with E-state index in [-0.39, 0.29) is 43.2 Å². The molecule has 0 fully saturated rings. The second kappa shape index (κ2) is 11.5. The Balaban J connectivity index is 0.00000300. The zero-order valence-electron chi connectivity index (χ0n) is 16.6. The molecule has 0 atom stereocenters. The minimum Gasteiger partial charge on any atom is -0.469 e. The number of rotatable bonds is 8. The summed E-state index contributed by atoms with van der Waals surface area (Å²) in [6.07, 6.45) is 3.18. The van der Waals surface area contributed by atoms with Gasteiger partial charge in [-0.25, -0.2) is 4.99 Å². The second-order valence-corrected chi connectivity index (χ2v) is 6.57. The van der Waals surface area contributed by atoms with Gasteiger partial charge in [0.25, 0.3) is 0 Å². The Labute approximate surface area is 187 Å². The molecule has 0 bridgehead atoms. The first-order valence-electron chi connectivity index (χ1n) is 9.25. The fraction of sp³-hybridized carbons (Fsp3) is 0.400. The number of fused-ring (bicyclic) bond motifs is 1. The van der Waals surface area contributed by atoms with E-state index >= 15 is 0 Å². The monoisotopic (exact) mass is 514 g/mol. The van der Waals surface area contributed by atoms with Crippen LogP contribution in [-0.4, -0.2) is 57.3 Å². The Bertz CT molecular complexity index is 809. The summed E-state index contributed by atoms with van der Waals surface area (Å²) in [5.41, 5.74) is 1.14. The van der Waals surface area contributed by atoms with Crippen molar-refractivity contribution in [3.05, 3.63) is 47.9 Å². The van der Waals surface area contributed by atoms with Gasteiger partial charge >= 0.3 is 0 Å². The molecule has 1 aromatic heterocycles. The molecule has 1 aromatic carbocycles. The molecular weight excluding hydrogens is 487 g/mol. The molecule has 0 unspecified atom stereocenters. The maximum Gasteiger partial charge on any atom is 0.243 e. The minimum absolute atomic E-state index is 0. The normalized spacial score (nSPS) is 12.3. The predicted octanol–water partition coefficient (Wildman–Crippen LogP) is 2.03. The topological polar surface area (TPSA) is 88.3 Å². The van der Waals surface area contributed by atoms with Crippen molar-refractivity contribution in [2.75, 3.05) is 40.5 Å². The number of hydrogen-bond acceptors (Lipinski definition) is 5. The van der Waals surface area contributed by atoms with Crippen molar-refractivity contribution >= 4 is 35.8 Å². The fourth-order valence-corrected chi connectivity index (χ4v) is 2.64. The largest absolute Gasteiger partial charge is 0.469 e. The van der Waals surface area contributed by atoms with E-state index in [1.807, 2.05) is 30.3 Å². The highest BCUT2D eigenvalue weighted by molar-refractivity contribution is 14.0. The van der Waals surface area contributed by atoms with Gasteiger partial charge in [-0.3, -0.25) is 4.79 Å². The number of ether oxygens (including phenoxy) is 2. The van der Waals surface area contributed by atoms with E-state index in [0.29, 0.717) is 19.0 Å². The van der Waals surface area contributed by atoms with Crippen LogP contribution in [-0.2, 0) is 17.6 Å². The number of carbonyl (C=O) groups is 1. The van der Waals surface area contributed by atoms with Gasteiger partial charge in [0.05, 0.1) is 6.26 Å². The summed E-state index contributed by atoms with van der Waals surface area (Å²) >= 11 is 0. The van der Waals surface area contributed by atoms with Crippen LogP contribution in [0.15, 0.2) is 46.0 Å². The van der Waals surface area contributed by atoms with Crippen molar-refractivity contribution in [3.8, 4) is 11.5 Å². The van der Waals surface area contributed by atoms with Crippen LogP contribution >= 0.6 is 24.0 Å². The van der Waals surface area contributed by atoms with Crippen molar-refractivity contribution in [3.63, 3.8) is 0 Å². The molecule has 8 nitrogen and oxygen atoms in total. The summed E-state index contributed by atoms with van der Waals surface area (Å²) in [6, 6.07) is 9.72. The van der Waals surface area contributed by atoms with Crippen molar-refractivity contribution in [1.29, 1.82) is 0 Å². The van der Waals surface area contributed by atoms with Crippen LogP contribution in [0.25, 0.3) is 0 Å². The molecule has 158 valence electrons. The van der Waals surface area contributed by atoms with Crippen LogP contribution in [0.4, 0.5) is 0 Å². The Kier molecular flexibility index (Phi) is 9.10. The molecule has 3 rings (SSSR count). The quantitative estimate of drug-likeness (QED) is 0.319. The first-order valence-corrected chi connectivity index (χ1v) is 9.25. The highest BCUT2D eigenvalue weighted by Crippen LogP contribution is 2.32. The number of amides is 1. The SMILES string of the molecule is CN(C)C(=O)CN=C(NCCc1ccc2c(c1)OCO2)NCCc1ccco1.I. The zero-order chi connectivity index (χ0) is 19.8. The fourth-order valence-electron chi connectivity index (χ4n) is 2.64. The number of halogens is 1. The van der Waals surface area contributed by atoms with Crippen LogP contribution in [0.3, 0.4) is 0 Å². The van der Waals surface area contributed by atoms with Gasteiger partial charge in [0, 0.05) is 33.6 Å². The van der Waals surface area contributed by atoms with Crippen molar-refractivity contribution < 1.29 is 18.7 Å². The van der Waals surface area contributed by atoms with Gasteiger partial charge in [-0.1, -0.05) is 6.07 Å². The van der Waals surface area contributed by atoms with Crippen LogP contribution in [0.2, 0.25) is 0 Å². The highest BCUT2D eigenvalue weighted by atomic mass is 127. The number of nitrogens with zero attached hydrogens (tertiary/aromatic N) is 2. The molecule has 0 saturated carbocycles. The molecule has 0 aliphatic carbocycles. The Morgan fingerprint density at radius 2 is 1.86 bits per heavy atom. The lowest BCUT2D eigenvalue weighted by Gasteiger charge is -2.13.